The highest BCUT2D eigenvalue weighted by molar-refractivity contribution is 5.78. The lowest BCUT2D eigenvalue weighted by atomic mass is 9.92. The molecule has 88 valence electrons. The molecule has 1 aliphatic carbocycles. The van der Waals surface area contributed by atoms with Crippen LogP contribution in [-0.2, 0) is 4.79 Å². The molecule has 1 rings (SSSR count). The van der Waals surface area contributed by atoms with E-state index in [9.17, 15) is 9.90 Å². The van der Waals surface area contributed by atoms with Crippen molar-refractivity contribution in [1.29, 1.82) is 0 Å². The Hall–Kier alpha value is -0.570. The molecule has 1 aliphatic rings. The first-order chi connectivity index (χ1) is 7.15. The minimum atomic E-state index is -0.337. The molecule has 0 aromatic carbocycles. The van der Waals surface area contributed by atoms with Crippen LogP contribution in [0.25, 0.3) is 0 Å². The topological polar surface area (TPSA) is 49.3 Å². The van der Waals surface area contributed by atoms with Crippen LogP contribution in [0.4, 0.5) is 0 Å². The molecule has 0 radical (unpaired) electrons. The molecule has 0 aromatic heterocycles. The van der Waals surface area contributed by atoms with Crippen molar-refractivity contribution in [2.75, 3.05) is 0 Å². The Balaban J connectivity index is 2.35. The van der Waals surface area contributed by atoms with E-state index in [0.717, 1.165) is 38.5 Å². The standard InChI is InChI=1S/C12H23NO2/c1-3-6-9(2)12(15)13-10-7-4-5-8-11(10)14/h9-11,14H,3-8H2,1-2H3,(H,13,15)/t9?,10-,11-/m0/s1. The molecule has 3 atom stereocenters. The number of hydrogen-bond acceptors (Lipinski definition) is 2. The number of hydrogen-bond donors (Lipinski definition) is 2. The number of amides is 1. The van der Waals surface area contributed by atoms with Crippen molar-refractivity contribution >= 4 is 5.91 Å². The average Bonchev–Trinajstić information content (AvgIpc) is 2.21. The lowest BCUT2D eigenvalue weighted by Gasteiger charge is -2.29. The Morgan fingerprint density at radius 1 is 1.47 bits per heavy atom. The number of rotatable bonds is 4. The third-order valence-corrected chi connectivity index (χ3v) is 3.23. The second-order valence-corrected chi connectivity index (χ2v) is 4.66. The van der Waals surface area contributed by atoms with Crippen molar-refractivity contribution in [1.82, 2.24) is 5.32 Å². The molecule has 2 N–H and O–H groups in total. The van der Waals surface area contributed by atoms with Crippen LogP contribution in [0.3, 0.4) is 0 Å². The van der Waals surface area contributed by atoms with Gasteiger partial charge in [-0.05, 0) is 19.3 Å². The maximum atomic E-state index is 11.7. The normalized spacial score (nSPS) is 28.5. The Morgan fingerprint density at radius 2 is 2.13 bits per heavy atom. The molecule has 1 fully saturated rings. The molecule has 0 heterocycles. The van der Waals surface area contributed by atoms with Gasteiger partial charge in [-0.2, -0.15) is 0 Å². The zero-order valence-corrected chi connectivity index (χ0v) is 9.83. The molecular formula is C12H23NO2. The monoisotopic (exact) mass is 213 g/mol. The highest BCUT2D eigenvalue weighted by Crippen LogP contribution is 2.19. The average molecular weight is 213 g/mol. The zero-order valence-electron chi connectivity index (χ0n) is 9.83. The molecule has 15 heavy (non-hydrogen) atoms. The molecular weight excluding hydrogens is 190 g/mol. The summed E-state index contributed by atoms with van der Waals surface area (Å²) in [7, 11) is 0. The van der Waals surface area contributed by atoms with Gasteiger partial charge >= 0.3 is 0 Å². The fraction of sp³-hybridized carbons (Fsp3) is 0.917. The van der Waals surface area contributed by atoms with E-state index in [1.807, 2.05) is 6.92 Å². The largest absolute Gasteiger partial charge is 0.391 e. The van der Waals surface area contributed by atoms with E-state index in [1.165, 1.54) is 0 Å². The van der Waals surface area contributed by atoms with Crippen LogP contribution in [0.15, 0.2) is 0 Å². The minimum Gasteiger partial charge on any atom is -0.391 e. The first-order valence-electron chi connectivity index (χ1n) is 6.13. The van der Waals surface area contributed by atoms with Gasteiger partial charge in [-0.25, -0.2) is 0 Å². The van der Waals surface area contributed by atoms with E-state index in [4.69, 9.17) is 0 Å². The zero-order chi connectivity index (χ0) is 11.3. The predicted molar refractivity (Wildman–Crippen MR) is 60.5 cm³/mol. The lowest BCUT2D eigenvalue weighted by Crippen LogP contribution is -2.46. The summed E-state index contributed by atoms with van der Waals surface area (Å²) in [6.07, 6.45) is 5.56. The number of carbonyl (C=O) groups excluding carboxylic acids is 1. The number of aliphatic hydroxyl groups is 1. The summed E-state index contributed by atoms with van der Waals surface area (Å²) in [5, 5.41) is 12.7. The number of aliphatic hydroxyl groups excluding tert-OH is 1. The van der Waals surface area contributed by atoms with Crippen molar-refractivity contribution < 1.29 is 9.90 Å². The third-order valence-electron chi connectivity index (χ3n) is 3.23. The van der Waals surface area contributed by atoms with Crippen LogP contribution >= 0.6 is 0 Å². The maximum Gasteiger partial charge on any atom is 0.223 e. The van der Waals surface area contributed by atoms with Crippen molar-refractivity contribution in [3.8, 4) is 0 Å². The van der Waals surface area contributed by atoms with Gasteiger partial charge in [0.15, 0.2) is 0 Å². The quantitative estimate of drug-likeness (QED) is 0.748. The van der Waals surface area contributed by atoms with Gasteiger partial charge in [-0.3, -0.25) is 4.79 Å². The minimum absolute atomic E-state index is 0.00874. The van der Waals surface area contributed by atoms with Gasteiger partial charge in [0.05, 0.1) is 12.1 Å². The number of carbonyl (C=O) groups is 1. The van der Waals surface area contributed by atoms with Crippen molar-refractivity contribution in [2.45, 2.75) is 64.5 Å². The van der Waals surface area contributed by atoms with Crippen molar-refractivity contribution in [3.63, 3.8) is 0 Å². The molecule has 3 heteroatoms. The molecule has 0 aromatic rings. The van der Waals surface area contributed by atoms with Crippen molar-refractivity contribution in [3.05, 3.63) is 0 Å². The van der Waals surface area contributed by atoms with Crippen LogP contribution in [0, 0.1) is 5.92 Å². The van der Waals surface area contributed by atoms with Crippen LogP contribution in [0.2, 0.25) is 0 Å². The Kier molecular flexibility index (Phi) is 5.09. The van der Waals surface area contributed by atoms with E-state index < -0.39 is 0 Å². The summed E-state index contributed by atoms with van der Waals surface area (Å²) < 4.78 is 0. The van der Waals surface area contributed by atoms with Gasteiger partial charge < -0.3 is 10.4 Å². The van der Waals surface area contributed by atoms with Gasteiger partial charge in [-0.15, -0.1) is 0 Å². The first kappa shape index (κ1) is 12.5. The lowest BCUT2D eigenvalue weighted by molar-refractivity contribution is -0.126. The summed E-state index contributed by atoms with van der Waals surface area (Å²) in [6, 6.07) is -0.00874. The highest BCUT2D eigenvalue weighted by atomic mass is 16.3. The van der Waals surface area contributed by atoms with Gasteiger partial charge in [0.25, 0.3) is 0 Å². The van der Waals surface area contributed by atoms with Crippen LogP contribution in [0.1, 0.15) is 52.4 Å². The fourth-order valence-corrected chi connectivity index (χ4v) is 2.17. The highest BCUT2D eigenvalue weighted by Gasteiger charge is 2.25. The van der Waals surface area contributed by atoms with Gasteiger partial charge in [-0.1, -0.05) is 33.1 Å². The summed E-state index contributed by atoms with van der Waals surface area (Å²) in [5.74, 6) is 0.173. The van der Waals surface area contributed by atoms with Crippen LogP contribution in [-0.4, -0.2) is 23.2 Å². The SMILES string of the molecule is CCCC(C)C(=O)N[C@H]1CCCC[C@@H]1O. The molecule has 0 spiro atoms. The van der Waals surface area contributed by atoms with E-state index in [0.29, 0.717) is 0 Å². The molecule has 0 bridgehead atoms. The van der Waals surface area contributed by atoms with Crippen LogP contribution in [0.5, 0.6) is 0 Å². The van der Waals surface area contributed by atoms with Crippen LogP contribution < -0.4 is 5.32 Å². The second kappa shape index (κ2) is 6.11. The third kappa shape index (κ3) is 3.82. The van der Waals surface area contributed by atoms with Gasteiger partial charge in [0.1, 0.15) is 0 Å². The summed E-state index contributed by atoms with van der Waals surface area (Å²) in [6.45, 7) is 4.03. The van der Waals surface area contributed by atoms with E-state index >= 15 is 0 Å². The Bertz CT molecular complexity index is 206. The smallest absolute Gasteiger partial charge is 0.223 e. The van der Waals surface area contributed by atoms with Gasteiger partial charge in [0, 0.05) is 5.92 Å². The van der Waals surface area contributed by atoms with E-state index in [-0.39, 0.29) is 24.0 Å². The molecule has 0 saturated heterocycles. The summed E-state index contributed by atoms with van der Waals surface area (Å²) >= 11 is 0. The van der Waals surface area contributed by atoms with Gasteiger partial charge in [0.2, 0.25) is 5.91 Å². The van der Waals surface area contributed by atoms with Crippen molar-refractivity contribution in [2.24, 2.45) is 5.92 Å². The molecule has 1 saturated carbocycles. The molecule has 1 unspecified atom stereocenters. The summed E-state index contributed by atoms with van der Waals surface area (Å²) in [5.41, 5.74) is 0. The Morgan fingerprint density at radius 3 is 2.73 bits per heavy atom. The Labute approximate surface area is 92.3 Å². The fourth-order valence-electron chi connectivity index (χ4n) is 2.17. The van der Waals surface area contributed by atoms with E-state index in [1.54, 1.807) is 0 Å². The van der Waals surface area contributed by atoms with E-state index in [2.05, 4.69) is 12.2 Å². The molecule has 3 nitrogen and oxygen atoms in total. The summed E-state index contributed by atoms with van der Waals surface area (Å²) in [4.78, 5) is 11.7. The maximum absolute atomic E-state index is 11.7. The number of nitrogens with one attached hydrogen (secondary N) is 1. The molecule has 0 aliphatic heterocycles. The predicted octanol–water partition coefficient (Wildman–Crippen LogP) is 1.84. The second-order valence-electron chi connectivity index (χ2n) is 4.66. The first-order valence-corrected chi connectivity index (χ1v) is 6.13. The molecule has 1 amide bonds.